The highest BCUT2D eigenvalue weighted by Gasteiger charge is 2.28. The maximum absolute atomic E-state index is 12.5. The van der Waals surface area contributed by atoms with Crippen LogP contribution in [0.3, 0.4) is 0 Å². The quantitative estimate of drug-likeness (QED) is 0.806. The van der Waals surface area contributed by atoms with Crippen LogP contribution in [0.1, 0.15) is 24.4 Å². The van der Waals surface area contributed by atoms with E-state index in [1.54, 1.807) is 31.4 Å². The first-order valence-electron chi connectivity index (χ1n) is 8.05. The van der Waals surface area contributed by atoms with Gasteiger partial charge in [0.15, 0.2) is 0 Å². The van der Waals surface area contributed by atoms with Crippen molar-refractivity contribution in [2.24, 2.45) is 0 Å². The van der Waals surface area contributed by atoms with Gasteiger partial charge in [-0.1, -0.05) is 6.07 Å². The molecule has 128 valence electrons. The van der Waals surface area contributed by atoms with E-state index in [1.165, 1.54) is 0 Å². The Kier molecular flexibility index (Phi) is 4.98. The van der Waals surface area contributed by atoms with Crippen LogP contribution in [-0.2, 0) is 11.2 Å². The number of aryl methyl sites for hydroxylation is 1. The number of ether oxygens (including phenoxy) is 2. The van der Waals surface area contributed by atoms with Crippen molar-refractivity contribution in [1.29, 1.82) is 0 Å². The van der Waals surface area contributed by atoms with Crippen molar-refractivity contribution in [2.75, 3.05) is 27.3 Å². The molecule has 7 heteroatoms. The molecule has 0 aliphatic carbocycles. The largest absolute Gasteiger partial charge is 0.497 e. The molecule has 2 heterocycles. The Bertz CT molecular complexity index is 687. The molecule has 1 aliphatic rings. The van der Waals surface area contributed by atoms with Gasteiger partial charge in [0, 0.05) is 25.6 Å². The number of amides is 1. The van der Waals surface area contributed by atoms with E-state index in [4.69, 9.17) is 9.47 Å². The number of hydrogen-bond donors (Lipinski definition) is 0. The Labute approximate surface area is 141 Å². The van der Waals surface area contributed by atoms with Gasteiger partial charge in [0.2, 0.25) is 5.91 Å². The van der Waals surface area contributed by atoms with Gasteiger partial charge in [-0.2, -0.15) is 15.0 Å². The molecule has 0 N–H and O–H groups in total. The summed E-state index contributed by atoms with van der Waals surface area (Å²) >= 11 is 0. The second-order valence-corrected chi connectivity index (χ2v) is 5.81. The number of methoxy groups -OCH3 is 2. The number of aromatic nitrogens is 3. The predicted octanol–water partition coefficient (Wildman–Crippen LogP) is 1.70. The van der Waals surface area contributed by atoms with Crippen LogP contribution in [0.2, 0.25) is 0 Å². The second kappa shape index (κ2) is 7.33. The van der Waals surface area contributed by atoms with E-state index in [2.05, 4.69) is 10.2 Å². The number of carbonyl (C=O) groups is 1. The van der Waals surface area contributed by atoms with Gasteiger partial charge in [-0.25, -0.2) is 0 Å². The molecule has 1 aromatic carbocycles. The molecule has 1 unspecified atom stereocenters. The molecule has 0 radical (unpaired) electrons. The maximum Gasteiger partial charge on any atom is 0.222 e. The molecular weight excluding hydrogens is 308 g/mol. The molecule has 7 nitrogen and oxygen atoms in total. The SMILES string of the molecule is COc1ccc(CCC(=O)N2CCC(n3nccn3)C2)c(OC)c1. The van der Waals surface area contributed by atoms with Gasteiger partial charge in [-0.05, 0) is 24.5 Å². The second-order valence-electron chi connectivity index (χ2n) is 5.81. The van der Waals surface area contributed by atoms with Gasteiger partial charge in [-0.15, -0.1) is 0 Å². The van der Waals surface area contributed by atoms with Gasteiger partial charge < -0.3 is 14.4 Å². The summed E-state index contributed by atoms with van der Waals surface area (Å²) < 4.78 is 10.6. The molecule has 0 spiro atoms. The van der Waals surface area contributed by atoms with E-state index in [0.29, 0.717) is 19.4 Å². The molecule has 0 saturated carbocycles. The van der Waals surface area contributed by atoms with Gasteiger partial charge in [0.25, 0.3) is 0 Å². The summed E-state index contributed by atoms with van der Waals surface area (Å²) in [6.45, 7) is 1.43. The van der Waals surface area contributed by atoms with Crippen molar-refractivity contribution >= 4 is 5.91 Å². The minimum absolute atomic E-state index is 0.155. The van der Waals surface area contributed by atoms with E-state index in [-0.39, 0.29) is 11.9 Å². The van der Waals surface area contributed by atoms with Crippen molar-refractivity contribution in [1.82, 2.24) is 19.9 Å². The van der Waals surface area contributed by atoms with Crippen LogP contribution in [0.25, 0.3) is 0 Å². The lowest BCUT2D eigenvalue weighted by atomic mass is 10.1. The first-order chi connectivity index (χ1) is 11.7. The summed E-state index contributed by atoms with van der Waals surface area (Å²) in [5.74, 6) is 1.65. The first kappa shape index (κ1) is 16.3. The highest BCUT2D eigenvalue weighted by Crippen LogP contribution is 2.26. The number of carbonyl (C=O) groups excluding carboxylic acids is 1. The third kappa shape index (κ3) is 3.50. The Morgan fingerprint density at radius 3 is 2.75 bits per heavy atom. The van der Waals surface area contributed by atoms with Crippen LogP contribution < -0.4 is 9.47 Å². The van der Waals surface area contributed by atoms with Gasteiger partial charge in [0.1, 0.15) is 11.5 Å². The third-order valence-electron chi connectivity index (χ3n) is 4.38. The highest BCUT2D eigenvalue weighted by molar-refractivity contribution is 5.76. The molecule has 1 fully saturated rings. The van der Waals surface area contributed by atoms with Crippen molar-refractivity contribution in [3.8, 4) is 11.5 Å². The fraction of sp³-hybridized carbons (Fsp3) is 0.471. The monoisotopic (exact) mass is 330 g/mol. The highest BCUT2D eigenvalue weighted by atomic mass is 16.5. The van der Waals surface area contributed by atoms with Crippen LogP contribution in [0.5, 0.6) is 11.5 Å². The summed E-state index contributed by atoms with van der Waals surface area (Å²) in [7, 11) is 3.25. The summed E-state index contributed by atoms with van der Waals surface area (Å²) in [6, 6.07) is 5.86. The molecule has 1 saturated heterocycles. The van der Waals surface area contributed by atoms with Crippen LogP contribution >= 0.6 is 0 Å². The maximum atomic E-state index is 12.5. The zero-order valence-corrected chi connectivity index (χ0v) is 14.0. The number of rotatable bonds is 6. The Hall–Kier alpha value is -2.57. The average molecular weight is 330 g/mol. The Morgan fingerprint density at radius 1 is 1.25 bits per heavy atom. The van der Waals surface area contributed by atoms with Crippen LogP contribution in [0, 0.1) is 0 Å². The van der Waals surface area contributed by atoms with Crippen LogP contribution in [-0.4, -0.2) is 53.1 Å². The number of hydrogen-bond acceptors (Lipinski definition) is 5. The lowest BCUT2D eigenvalue weighted by Crippen LogP contribution is -2.29. The molecule has 1 aromatic heterocycles. The average Bonchev–Trinajstić information content (AvgIpc) is 3.30. The van der Waals surface area contributed by atoms with E-state index < -0.39 is 0 Å². The fourth-order valence-electron chi connectivity index (χ4n) is 3.03. The fourth-order valence-corrected chi connectivity index (χ4v) is 3.03. The first-order valence-corrected chi connectivity index (χ1v) is 8.05. The minimum atomic E-state index is 0.155. The van der Waals surface area contributed by atoms with Crippen molar-refractivity contribution in [3.05, 3.63) is 36.2 Å². The number of benzene rings is 1. The van der Waals surface area contributed by atoms with Gasteiger partial charge in [0.05, 0.1) is 32.7 Å². The van der Waals surface area contributed by atoms with Crippen LogP contribution in [0.15, 0.2) is 30.6 Å². The smallest absolute Gasteiger partial charge is 0.222 e. The minimum Gasteiger partial charge on any atom is -0.497 e. The normalized spacial score (nSPS) is 17.1. The van der Waals surface area contributed by atoms with Gasteiger partial charge >= 0.3 is 0 Å². The van der Waals surface area contributed by atoms with Gasteiger partial charge in [-0.3, -0.25) is 4.79 Å². The molecular formula is C17H22N4O3. The molecule has 1 atom stereocenters. The van der Waals surface area contributed by atoms with E-state index >= 15 is 0 Å². The van der Waals surface area contributed by atoms with E-state index in [0.717, 1.165) is 30.0 Å². The lowest BCUT2D eigenvalue weighted by Gasteiger charge is -2.17. The zero-order valence-electron chi connectivity index (χ0n) is 14.0. The van der Waals surface area contributed by atoms with Crippen LogP contribution in [0.4, 0.5) is 0 Å². The predicted molar refractivity (Wildman–Crippen MR) is 88.1 cm³/mol. The van der Waals surface area contributed by atoms with Crippen molar-refractivity contribution in [3.63, 3.8) is 0 Å². The number of likely N-dealkylation sites (tertiary alicyclic amines) is 1. The topological polar surface area (TPSA) is 69.5 Å². The van der Waals surface area contributed by atoms with Crippen molar-refractivity contribution in [2.45, 2.75) is 25.3 Å². The summed E-state index contributed by atoms with van der Waals surface area (Å²) in [5.41, 5.74) is 1.01. The lowest BCUT2D eigenvalue weighted by molar-refractivity contribution is -0.130. The zero-order chi connectivity index (χ0) is 16.9. The van der Waals surface area contributed by atoms with E-state index in [9.17, 15) is 4.79 Å². The summed E-state index contributed by atoms with van der Waals surface area (Å²) in [4.78, 5) is 16.1. The standard InChI is InChI=1S/C17H22N4O3/c1-23-15-5-3-13(16(11-15)24-2)4-6-17(22)20-10-7-14(12-20)21-18-8-9-19-21/h3,5,8-9,11,14H,4,6-7,10,12H2,1-2H3. The van der Waals surface area contributed by atoms with E-state index in [1.807, 2.05) is 23.1 Å². The summed E-state index contributed by atoms with van der Waals surface area (Å²) in [6.07, 6.45) is 5.34. The molecule has 2 aromatic rings. The van der Waals surface area contributed by atoms with Crippen molar-refractivity contribution < 1.29 is 14.3 Å². The Balaban J connectivity index is 1.56. The molecule has 1 amide bonds. The Morgan fingerprint density at radius 2 is 2.04 bits per heavy atom. The number of nitrogens with zero attached hydrogens (tertiary/aromatic N) is 4. The molecule has 0 bridgehead atoms. The molecule has 1 aliphatic heterocycles. The molecule has 24 heavy (non-hydrogen) atoms. The molecule has 3 rings (SSSR count). The summed E-state index contributed by atoms with van der Waals surface area (Å²) in [5, 5.41) is 8.33. The third-order valence-corrected chi connectivity index (χ3v) is 4.38.